The van der Waals surface area contributed by atoms with Gasteiger partial charge in [0.2, 0.25) is 11.8 Å². The Labute approximate surface area is 273 Å². The molecule has 0 aromatic heterocycles. The molecule has 1 atom stereocenters. The van der Waals surface area contributed by atoms with Gasteiger partial charge in [-0.15, -0.1) is 0 Å². The van der Waals surface area contributed by atoms with E-state index in [9.17, 15) is 19.5 Å². The van der Waals surface area contributed by atoms with Crippen molar-refractivity contribution in [3.05, 3.63) is 0 Å². The molecule has 6 nitrogen and oxygen atoms in total. The molecule has 0 aromatic carbocycles. The molecule has 0 fully saturated rings. The summed E-state index contributed by atoms with van der Waals surface area (Å²) in [5.74, 6) is -1.05. The first kappa shape index (κ1) is 42.4. The van der Waals surface area contributed by atoms with Gasteiger partial charge >= 0.3 is 5.97 Å². The normalized spacial score (nSPS) is 11.9. The van der Waals surface area contributed by atoms with E-state index in [1.165, 1.54) is 135 Å². The monoisotopic (exact) mass is 623 g/mol. The van der Waals surface area contributed by atoms with Crippen molar-refractivity contribution in [2.75, 3.05) is 6.54 Å². The molecule has 0 rings (SSSR count). The summed E-state index contributed by atoms with van der Waals surface area (Å²) in [6, 6.07) is -0.842. The van der Waals surface area contributed by atoms with Gasteiger partial charge in [0.05, 0.1) is 0 Å². The molecule has 6 heteroatoms. The van der Waals surface area contributed by atoms with Gasteiger partial charge in [0.1, 0.15) is 6.04 Å². The van der Waals surface area contributed by atoms with Crippen LogP contribution >= 0.6 is 0 Å². The molecule has 0 aromatic rings. The van der Waals surface area contributed by atoms with Crippen molar-refractivity contribution in [1.29, 1.82) is 0 Å². The lowest BCUT2D eigenvalue weighted by Gasteiger charge is -2.14. The highest BCUT2D eigenvalue weighted by atomic mass is 16.4. The van der Waals surface area contributed by atoms with Crippen LogP contribution < -0.4 is 10.6 Å². The Morgan fingerprint density at radius 1 is 0.455 bits per heavy atom. The summed E-state index contributed by atoms with van der Waals surface area (Å²) in [5, 5.41) is 15.2. The molecule has 44 heavy (non-hydrogen) atoms. The second-order valence-corrected chi connectivity index (χ2v) is 13.3. The number of carboxylic acids is 1. The lowest BCUT2D eigenvalue weighted by atomic mass is 10.0. The summed E-state index contributed by atoms with van der Waals surface area (Å²) in [6.45, 7) is 5.09. The molecular formula is C38H74N2O4. The van der Waals surface area contributed by atoms with Crippen molar-refractivity contribution in [3.8, 4) is 0 Å². The van der Waals surface area contributed by atoms with E-state index in [1.807, 2.05) is 0 Å². The van der Waals surface area contributed by atoms with Crippen LogP contribution in [-0.4, -0.2) is 35.5 Å². The Hall–Kier alpha value is -1.59. The van der Waals surface area contributed by atoms with Gasteiger partial charge < -0.3 is 15.7 Å². The van der Waals surface area contributed by atoms with E-state index in [0.717, 1.165) is 38.5 Å². The van der Waals surface area contributed by atoms with Gasteiger partial charge in [-0.1, -0.05) is 168 Å². The maximum Gasteiger partial charge on any atom is 0.326 e. The van der Waals surface area contributed by atoms with Crippen LogP contribution in [0.4, 0.5) is 0 Å². The molecule has 0 radical (unpaired) electrons. The van der Waals surface area contributed by atoms with Gasteiger partial charge in [-0.2, -0.15) is 0 Å². The number of carbonyl (C=O) groups excluding carboxylic acids is 2. The summed E-state index contributed by atoms with van der Waals surface area (Å²) >= 11 is 0. The Morgan fingerprint density at radius 2 is 0.795 bits per heavy atom. The third-order valence-corrected chi connectivity index (χ3v) is 8.89. The second kappa shape index (κ2) is 34.3. The lowest BCUT2D eigenvalue weighted by molar-refractivity contribution is -0.142. The number of rotatable bonds is 35. The maximum atomic E-state index is 12.3. The molecule has 0 saturated carbocycles. The van der Waals surface area contributed by atoms with E-state index in [1.54, 1.807) is 0 Å². The molecule has 0 unspecified atom stereocenters. The standard InChI is InChI=1S/C38H74N2O4/c1-3-5-7-9-11-13-15-17-19-21-23-25-27-32-36(41)39-34-30-29-31-35(38(43)44)40-37(42)33-28-26-24-22-20-18-16-14-12-10-8-6-4-2/h35H,3-34H2,1-2H3,(H,39,41)(H,40,42)(H,43,44)/t35-/m0/s1. The number of unbranched alkanes of at least 4 members (excludes halogenated alkanes) is 25. The number of amides is 2. The Kier molecular flexibility index (Phi) is 33.0. The molecule has 3 N–H and O–H groups in total. The molecule has 260 valence electrons. The van der Waals surface area contributed by atoms with Gasteiger partial charge in [0, 0.05) is 19.4 Å². The van der Waals surface area contributed by atoms with Crippen molar-refractivity contribution in [3.63, 3.8) is 0 Å². The molecule has 0 aliphatic carbocycles. The Bertz CT molecular complexity index is 655. The van der Waals surface area contributed by atoms with Gasteiger partial charge in [0.15, 0.2) is 0 Å². The van der Waals surface area contributed by atoms with Gasteiger partial charge in [-0.25, -0.2) is 4.79 Å². The third-order valence-electron chi connectivity index (χ3n) is 8.89. The molecule has 2 amide bonds. The number of aliphatic carboxylic acids is 1. The first-order valence-corrected chi connectivity index (χ1v) is 19.3. The fourth-order valence-corrected chi connectivity index (χ4v) is 5.92. The summed E-state index contributed by atoms with van der Waals surface area (Å²) in [6.07, 6.45) is 36.0. The van der Waals surface area contributed by atoms with E-state index in [0.29, 0.717) is 32.2 Å². The molecule has 0 bridgehead atoms. The number of nitrogens with one attached hydrogen (secondary N) is 2. The van der Waals surface area contributed by atoms with Crippen molar-refractivity contribution >= 4 is 17.8 Å². The van der Waals surface area contributed by atoms with Crippen LogP contribution in [-0.2, 0) is 14.4 Å². The Morgan fingerprint density at radius 3 is 1.16 bits per heavy atom. The number of hydrogen-bond acceptors (Lipinski definition) is 3. The van der Waals surface area contributed by atoms with Crippen LogP contribution in [0, 0.1) is 0 Å². The first-order chi connectivity index (χ1) is 21.5. The Balaban J connectivity index is 3.60. The highest BCUT2D eigenvalue weighted by Crippen LogP contribution is 2.14. The largest absolute Gasteiger partial charge is 0.480 e. The molecular weight excluding hydrogens is 548 g/mol. The van der Waals surface area contributed by atoms with Crippen LogP contribution in [0.2, 0.25) is 0 Å². The number of carbonyl (C=O) groups is 3. The highest BCUT2D eigenvalue weighted by Gasteiger charge is 2.19. The highest BCUT2D eigenvalue weighted by molar-refractivity contribution is 5.83. The molecule has 0 saturated heterocycles. The van der Waals surface area contributed by atoms with E-state index in [4.69, 9.17) is 0 Å². The minimum absolute atomic E-state index is 0.0916. The summed E-state index contributed by atoms with van der Waals surface area (Å²) in [7, 11) is 0. The zero-order valence-corrected chi connectivity index (χ0v) is 29.4. The van der Waals surface area contributed by atoms with E-state index in [2.05, 4.69) is 24.5 Å². The van der Waals surface area contributed by atoms with Crippen LogP contribution in [0.15, 0.2) is 0 Å². The van der Waals surface area contributed by atoms with Crippen LogP contribution in [0.3, 0.4) is 0 Å². The minimum atomic E-state index is -0.977. The van der Waals surface area contributed by atoms with Crippen LogP contribution in [0.1, 0.15) is 213 Å². The molecule has 0 heterocycles. The third kappa shape index (κ3) is 31.8. The quantitative estimate of drug-likeness (QED) is 0.0613. The van der Waals surface area contributed by atoms with Crippen molar-refractivity contribution in [2.24, 2.45) is 0 Å². The molecule has 0 aliphatic rings. The minimum Gasteiger partial charge on any atom is -0.480 e. The van der Waals surface area contributed by atoms with E-state index in [-0.39, 0.29) is 11.8 Å². The average Bonchev–Trinajstić information content (AvgIpc) is 3.00. The zero-order chi connectivity index (χ0) is 32.4. The fraction of sp³-hybridized carbons (Fsp3) is 0.921. The van der Waals surface area contributed by atoms with Crippen molar-refractivity contribution < 1.29 is 19.5 Å². The van der Waals surface area contributed by atoms with Crippen LogP contribution in [0.25, 0.3) is 0 Å². The van der Waals surface area contributed by atoms with Gasteiger partial charge in [-0.05, 0) is 32.1 Å². The zero-order valence-electron chi connectivity index (χ0n) is 29.4. The van der Waals surface area contributed by atoms with Crippen molar-refractivity contribution in [2.45, 2.75) is 219 Å². The predicted octanol–water partition coefficient (Wildman–Crippen LogP) is 10.8. The molecule has 0 aliphatic heterocycles. The topological polar surface area (TPSA) is 95.5 Å². The fourth-order valence-electron chi connectivity index (χ4n) is 5.92. The first-order valence-electron chi connectivity index (χ1n) is 19.3. The second-order valence-electron chi connectivity index (χ2n) is 13.3. The number of hydrogen-bond donors (Lipinski definition) is 3. The molecule has 0 spiro atoms. The smallest absolute Gasteiger partial charge is 0.326 e. The van der Waals surface area contributed by atoms with Gasteiger partial charge in [0.25, 0.3) is 0 Å². The van der Waals surface area contributed by atoms with E-state index >= 15 is 0 Å². The predicted molar refractivity (Wildman–Crippen MR) is 187 cm³/mol. The summed E-state index contributed by atoms with van der Waals surface area (Å²) in [5.41, 5.74) is 0. The van der Waals surface area contributed by atoms with E-state index < -0.39 is 12.0 Å². The van der Waals surface area contributed by atoms with Gasteiger partial charge in [-0.3, -0.25) is 9.59 Å². The summed E-state index contributed by atoms with van der Waals surface area (Å²) < 4.78 is 0. The van der Waals surface area contributed by atoms with Crippen LogP contribution in [0.5, 0.6) is 0 Å². The average molecular weight is 623 g/mol. The maximum absolute atomic E-state index is 12.3. The lowest BCUT2D eigenvalue weighted by Crippen LogP contribution is -2.40. The van der Waals surface area contributed by atoms with Crippen molar-refractivity contribution in [1.82, 2.24) is 10.6 Å². The SMILES string of the molecule is CCCCCCCCCCCCCCCC(=O)NCCCC[C@H](NC(=O)CCCCCCCCCCCCCCC)C(=O)O. The summed E-state index contributed by atoms with van der Waals surface area (Å²) in [4.78, 5) is 36.0. The number of carboxylic acid groups (broad SMARTS) is 1.